The first kappa shape index (κ1) is 17.7. The van der Waals surface area contributed by atoms with Gasteiger partial charge in [0.25, 0.3) is 5.91 Å². The van der Waals surface area contributed by atoms with Crippen LogP contribution in [0.5, 0.6) is 0 Å². The normalized spacial score (nSPS) is 16.1. The maximum atomic E-state index is 12.4. The van der Waals surface area contributed by atoms with E-state index in [1.165, 1.54) is 18.2 Å². The van der Waals surface area contributed by atoms with Crippen molar-refractivity contribution in [3.05, 3.63) is 58.1 Å². The zero-order chi connectivity index (χ0) is 18.2. The Hall–Kier alpha value is -2.09. The molecule has 0 atom stereocenters. The summed E-state index contributed by atoms with van der Waals surface area (Å²) in [7, 11) is -3.69. The molecule has 9 heteroatoms. The number of amides is 2. The van der Waals surface area contributed by atoms with Crippen molar-refractivity contribution in [2.45, 2.75) is 6.42 Å². The molecule has 2 aromatic rings. The molecule has 0 aromatic heterocycles. The Balaban J connectivity index is 1.89. The van der Waals surface area contributed by atoms with E-state index in [0.717, 1.165) is 0 Å². The van der Waals surface area contributed by atoms with Crippen LogP contribution in [-0.4, -0.2) is 26.0 Å². The number of hydrogen-bond acceptors (Lipinski definition) is 4. The first-order valence-electron chi connectivity index (χ1n) is 7.21. The van der Waals surface area contributed by atoms with Gasteiger partial charge in [-0.05, 0) is 30.3 Å². The van der Waals surface area contributed by atoms with Gasteiger partial charge in [-0.25, -0.2) is 12.7 Å². The Morgan fingerprint density at radius 2 is 1.80 bits per heavy atom. The summed E-state index contributed by atoms with van der Waals surface area (Å²) in [5, 5.41) is 3.02. The Morgan fingerprint density at radius 1 is 1.08 bits per heavy atom. The molecule has 1 aliphatic heterocycles. The van der Waals surface area contributed by atoms with Crippen molar-refractivity contribution >= 4 is 56.4 Å². The second-order valence-electron chi connectivity index (χ2n) is 5.32. The number of carbonyl (C=O) groups excluding carboxylic acids is 2. The Kier molecular flexibility index (Phi) is 4.73. The van der Waals surface area contributed by atoms with Crippen LogP contribution in [0.4, 0.5) is 11.4 Å². The molecule has 130 valence electrons. The predicted octanol–water partition coefficient (Wildman–Crippen LogP) is 3.31. The third kappa shape index (κ3) is 3.49. The number of benzene rings is 2. The van der Waals surface area contributed by atoms with Crippen molar-refractivity contribution in [3.63, 3.8) is 0 Å². The average molecular weight is 399 g/mol. The van der Waals surface area contributed by atoms with Crippen LogP contribution in [0, 0.1) is 0 Å². The highest BCUT2D eigenvalue weighted by Gasteiger charge is 2.36. The van der Waals surface area contributed by atoms with Gasteiger partial charge in [-0.1, -0.05) is 35.3 Å². The monoisotopic (exact) mass is 398 g/mol. The molecule has 0 unspecified atom stereocenters. The summed E-state index contributed by atoms with van der Waals surface area (Å²) in [5.41, 5.74) is 0.669. The molecule has 1 fully saturated rings. The van der Waals surface area contributed by atoms with Gasteiger partial charge in [0.05, 0.1) is 32.7 Å². The minimum absolute atomic E-state index is 0.0250. The van der Waals surface area contributed by atoms with Gasteiger partial charge in [0.15, 0.2) is 0 Å². The highest BCUT2D eigenvalue weighted by atomic mass is 35.5. The second kappa shape index (κ2) is 6.67. The van der Waals surface area contributed by atoms with E-state index in [9.17, 15) is 18.0 Å². The quantitative estimate of drug-likeness (QED) is 0.859. The third-order valence-electron chi connectivity index (χ3n) is 3.63. The zero-order valence-electron chi connectivity index (χ0n) is 12.7. The smallest absolute Gasteiger partial charge is 0.257 e. The maximum Gasteiger partial charge on any atom is 0.257 e. The Morgan fingerprint density at radius 3 is 2.40 bits per heavy atom. The number of hydrogen-bond donors (Lipinski definition) is 1. The average Bonchev–Trinajstić information content (AvgIpc) is 2.82. The summed E-state index contributed by atoms with van der Waals surface area (Å²) in [6.07, 6.45) is -0.0747. The van der Waals surface area contributed by atoms with Crippen molar-refractivity contribution in [1.82, 2.24) is 0 Å². The summed E-state index contributed by atoms with van der Waals surface area (Å²) >= 11 is 12.1. The molecule has 6 nitrogen and oxygen atoms in total. The van der Waals surface area contributed by atoms with E-state index in [2.05, 4.69) is 5.32 Å². The summed E-state index contributed by atoms with van der Waals surface area (Å²) in [5.74, 6) is -1.26. The molecule has 1 heterocycles. The lowest BCUT2D eigenvalue weighted by molar-refractivity contribution is -0.116. The molecule has 0 spiro atoms. The fourth-order valence-corrected chi connectivity index (χ4v) is 4.33. The van der Waals surface area contributed by atoms with Gasteiger partial charge in [-0.2, -0.15) is 0 Å². The fraction of sp³-hybridized carbons (Fsp3) is 0.125. The van der Waals surface area contributed by atoms with E-state index in [1.807, 2.05) is 0 Å². The van der Waals surface area contributed by atoms with Crippen LogP contribution in [0.25, 0.3) is 0 Å². The molecule has 1 saturated heterocycles. The van der Waals surface area contributed by atoms with E-state index < -0.39 is 21.8 Å². The van der Waals surface area contributed by atoms with E-state index in [-0.39, 0.29) is 28.4 Å². The van der Waals surface area contributed by atoms with Gasteiger partial charge in [-0.15, -0.1) is 0 Å². The van der Waals surface area contributed by atoms with Crippen LogP contribution >= 0.6 is 23.2 Å². The summed E-state index contributed by atoms with van der Waals surface area (Å²) in [6, 6.07) is 10.7. The topological polar surface area (TPSA) is 83.6 Å². The molecular formula is C16H12Cl2N2O4S. The van der Waals surface area contributed by atoms with E-state index in [4.69, 9.17) is 23.2 Å². The summed E-state index contributed by atoms with van der Waals surface area (Å²) < 4.78 is 24.6. The standard InChI is InChI=1S/C16H12Cl2N2O4S/c17-12-3-1-2-4-14(12)19-16(22)11-6-5-10(9-13(11)18)20-15(21)7-8-25(20,23)24/h1-6,9H,7-8H2,(H,19,22). The number of carbonyl (C=O) groups is 2. The Bertz CT molecular complexity index is 976. The molecule has 25 heavy (non-hydrogen) atoms. The first-order valence-corrected chi connectivity index (χ1v) is 9.57. The van der Waals surface area contributed by atoms with Gasteiger partial charge < -0.3 is 5.32 Å². The molecule has 0 aliphatic carbocycles. The molecule has 2 amide bonds. The maximum absolute atomic E-state index is 12.4. The van der Waals surface area contributed by atoms with Gasteiger partial charge in [0.1, 0.15) is 0 Å². The van der Waals surface area contributed by atoms with Crippen LogP contribution in [0.2, 0.25) is 10.0 Å². The number of anilines is 2. The van der Waals surface area contributed by atoms with Crippen LogP contribution in [0.3, 0.4) is 0 Å². The number of sulfonamides is 1. The van der Waals surface area contributed by atoms with Gasteiger partial charge in [0, 0.05) is 6.42 Å². The minimum Gasteiger partial charge on any atom is -0.321 e. The van der Waals surface area contributed by atoms with Crippen molar-refractivity contribution < 1.29 is 18.0 Å². The van der Waals surface area contributed by atoms with Gasteiger partial charge >= 0.3 is 0 Å². The Labute approximate surface area is 154 Å². The van der Waals surface area contributed by atoms with Crippen molar-refractivity contribution in [1.29, 1.82) is 0 Å². The van der Waals surface area contributed by atoms with Crippen LogP contribution in [0.15, 0.2) is 42.5 Å². The number of nitrogens with zero attached hydrogens (tertiary/aromatic N) is 1. The van der Waals surface area contributed by atoms with E-state index in [1.54, 1.807) is 24.3 Å². The number of rotatable bonds is 3. The van der Waals surface area contributed by atoms with Crippen molar-refractivity contribution in [2.75, 3.05) is 15.4 Å². The van der Waals surface area contributed by atoms with Crippen LogP contribution < -0.4 is 9.62 Å². The minimum atomic E-state index is -3.69. The molecule has 2 aromatic carbocycles. The highest BCUT2D eigenvalue weighted by Crippen LogP contribution is 2.30. The van der Waals surface area contributed by atoms with Crippen LogP contribution in [-0.2, 0) is 14.8 Å². The first-order chi connectivity index (χ1) is 11.8. The number of nitrogens with one attached hydrogen (secondary N) is 1. The van der Waals surface area contributed by atoms with E-state index in [0.29, 0.717) is 15.0 Å². The molecule has 3 rings (SSSR count). The largest absolute Gasteiger partial charge is 0.321 e. The summed E-state index contributed by atoms with van der Waals surface area (Å²) in [4.78, 5) is 24.2. The molecule has 0 bridgehead atoms. The predicted molar refractivity (Wildman–Crippen MR) is 96.7 cm³/mol. The molecule has 0 saturated carbocycles. The van der Waals surface area contributed by atoms with Gasteiger partial charge in [0.2, 0.25) is 15.9 Å². The lowest BCUT2D eigenvalue weighted by Crippen LogP contribution is -2.29. The van der Waals surface area contributed by atoms with Crippen molar-refractivity contribution in [3.8, 4) is 0 Å². The molecule has 0 radical (unpaired) electrons. The molecule has 1 N–H and O–H groups in total. The van der Waals surface area contributed by atoms with Crippen molar-refractivity contribution in [2.24, 2.45) is 0 Å². The lowest BCUT2D eigenvalue weighted by Gasteiger charge is -2.16. The number of para-hydroxylation sites is 1. The fourth-order valence-electron chi connectivity index (χ4n) is 2.44. The SMILES string of the molecule is O=C(Nc1ccccc1Cl)c1ccc(N2C(=O)CCS2(=O)=O)cc1Cl. The highest BCUT2D eigenvalue weighted by molar-refractivity contribution is 7.94. The zero-order valence-corrected chi connectivity index (χ0v) is 15.0. The van der Waals surface area contributed by atoms with Gasteiger partial charge in [-0.3, -0.25) is 9.59 Å². The van der Waals surface area contributed by atoms with Crippen LogP contribution in [0.1, 0.15) is 16.8 Å². The second-order valence-corrected chi connectivity index (χ2v) is 8.07. The third-order valence-corrected chi connectivity index (χ3v) is 5.97. The number of halogens is 2. The molecule has 1 aliphatic rings. The van der Waals surface area contributed by atoms with E-state index >= 15 is 0 Å². The lowest BCUT2D eigenvalue weighted by atomic mass is 10.1. The molecular weight excluding hydrogens is 387 g/mol. The summed E-state index contributed by atoms with van der Waals surface area (Å²) in [6.45, 7) is 0.